The first kappa shape index (κ1) is 33.1. The van der Waals surface area contributed by atoms with Gasteiger partial charge in [-0.05, 0) is 51.4 Å². The van der Waals surface area contributed by atoms with E-state index in [1.54, 1.807) is 6.08 Å². The van der Waals surface area contributed by atoms with E-state index in [2.05, 4.69) is 32.9 Å². The van der Waals surface area contributed by atoms with Crippen molar-refractivity contribution in [2.75, 3.05) is 21.3 Å². The summed E-state index contributed by atoms with van der Waals surface area (Å²) in [5, 5.41) is 0. The molecule has 0 unspecified atom stereocenters. The lowest BCUT2D eigenvalue weighted by Gasteiger charge is -2.00. The molecule has 0 aliphatic carbocycles. The second kappa shape index (κ2) is 27.9. The van der Waals surface area contributed by atoms with Gasteiger partial charge in [-0.15, -0.1) is 6.58 Å². The Labute approximate surface area is 202 Å². The summed E-state index contributed by atoms with van der Waals surface area (Å²) in [5.41, 5.74) is 0. The standard InChI is InChI=1S/C20H36O4.C7H12O2/c1-23-19(21)17-15-13-11-9-7-5-3-4-6-8-10-12-14-16-18-20(22)24-2;1-3-4-5-6-7(8)9-2/h3-4H,5-18H2,1-2H3;3H,1,4-6H2,2H3. The number of unbranched alkanes of at least 4 members (excludes halogenated alkanes) is 11. The number of rotatable bonds is 20. The van der Waals surface area contributed by atoms with Crippen LogP contribution in [0, 0.1) is 0 Å². The van der Waals surface area contributed by atoms with E-state index < -0.39 is 0 Å². The lowest BCUT2D eigenvalue weighted by atomic mass is 10.1. The van der Waals surface area contributed by atoms with Crippen molar-refractivity contribution in [3.63, 3.8) is 0 Å². The van der Waals surface area contributed by atoms with Crippen molar-refractivity contribution >= 4 is 17.9 Å². The first-order chi connectivity index (χ1) is 16.0. The Kier molecular flexibility index (Phi) is 28.0. The molecule has 0 spiro atoms. The van der Waals surface area contributed by atoms with E-state index in [1.807, 2.05) is 0 Å². The summed E-state index contributed by atoms with van der Waals surface area (Å²) in [6, 6.07) is 0. The molecule has 0 fully saturated rings. The van der Waals surface area contributed by atoms with Crippen molar-refractivity contribution in [3.8, 4) is 0 Å². The van der Waals surface area contributed by atoms with Crippen LogP contribution in [0.2, 0.25) is 0 Å². The summed E-state index contributed by atoms with van der Waals surface area (Å²) in [6.07, 6.45) is 23.6. The second-order valence-electron chi connectivity index (χ2n) is 7.99. The van der Waals surface area contributed by atoms with Crippen LogP contribution in [0.15, 0.2) is 24.8 Å². The van der Waals surface area contributed by atoms with Gasteiger partial charge in [0.1, 0.15) is 0 Å². The predicted octanol–water partition coefficient (Wildman–Crippen LogP) is 6.87. The minimum absolute atomic E-state index is 0.0959. The van der Waals surface area contributed by atoms with Crippen molar-refractivity contribution in [1.29, 1.82) is 0 Å². The normalized spacial score (nSPS) is 10.3. The molecule has 0 bridgehead atoms. The van der Waals surface area contributed by atoms with Crippen LogP contribution in [0.1, 0.15) is 109 Å². The predicted molar refractivity (Wildman–Crippen MR) is 134 cm³/mol. The van der Waals surface area contributed by atoms with E-state index in [-0.39, 0.29) is 17.9 Å². The fourth-order valence-corrected chi connectivity index (χ4v) is 3.06. The SMILES string of the molecule is C=CCCCC(=O)OC.COC(=O)CCCCCCCC=CCCCCCCCC(=O)OC. The maximum absolute atomic E-state index is 10.9. The average Bonchev–Trinajstić information content (AvgIpc) is 2.83. The van der Waals surface area contributed by atoms with Gasteiger partial charge in [0.05, 0.1) is 21.3 Å². The van der Waals surface area contributed by atoms with E-state index >= 15 is 0 Å². The molecule has 0 aromatic rings. The smallest absolute Gasteiger partial charge is 0.305 e. The number of carbonyl (C=O) groups excluding carboxylic acids is 3. The van der Waals surface area contributed by atoms with Crippen LogP contribution in [0.5, 0.6) is 0 Å². The Bertz CT molecular complexity index is 481. The Morgan fingerprint density at radius 1 is 0.515 bits per heavy atom. The van der Waals surface area contributed by atoms with Crippen LogP contribution in [-0.2, 0) is 28.6 Å². The topological polar surface area (TPSA) is 78.9 Å². The third-order valence-corrected chi connectivity index (χ3v) is 5.14. The highest BCUT2D eigenvalue weighted by Crippen LogP contribution is 2.10. The molecule has 0 heterocycles. The van der Waals surface area contributed by atoms with E-state index in [1.165, 1.54) is 59.9 Å². The van der Waals surface area contributed by atoms with E-state index in [0.717, 1.165) is 51.4 Å². The first-order valence-electron chi connectivity index (χ1n) is 12.5. The molecule has 0 aliphatic rings. The van der Waals surface area contributed by atoms with Gasteiger partial charge in [-0.25, -0.2) is 0 Å². The van der Waals surface area contributed by atoms with Crippen LogP contribution < -0.4 is 0 Å². The van der Waals surface area contributed by atoms with Crippen molar-refractivity contribution in [2.45, 2.75) is 109 Å². The largest absolute Gasteiger partial charge is 0.469 e. The van der Waals surface area contributed by atoms with Crippen LogP contribution in [0.4, 0.5) is 0 Å². The monoisotopic (exact) mass is 468 g/mol. The van der Waals surface area contributed by atoms with E-state index in [4.69, 9.17) is 0 Å². The molecule has 0 aromatic carbocycles. The highest BCUT2D eigenvalue weighted by molar-refractivity contribution is 5.69. The molecular weight excluding hydrogens is 420 g/mol. The van der Waals surface area contributed by atoms with Gasteiger partial charge in [-0.2, -0.15) is 0 Å². The molecule has 0 atom stereocenters. The molecule has 0 N–H and O–H groups in total. The number of hydrogen-bond donors (Lipinski definition) is 0. The summed E-state index contributed by atoms with van der Waals surface area (Å²) in [6.45, 7) is 3.53. The zero-order valence-corrected chi connectivity index (χ0v) is 21.4. The van der Waals surface area contributed by atoms with E-state index in [9.17, 15) is 14.4 Å². The molecule has 0 saturated heterocycles. The van der Waals surface area contributed by atoms with Gasteiger partial charge in [0.15, 0.2) is 0 Å². The molecule has 0 aliphatic heterocycles. The Balaban J connectivity index is 0. The number of ether oxygens (including phenoxy) is 3. The number of carbonyl (C=O) groups is 3. The van der Waals surface area contributed by atoms with Crippen LogP contribution in [0.3, 0.4) is 0 Å². The third kappa shape index (κ3) is 29.9. The molecule has 33 heavy (non-hydrogen) atoms. The molecule has 0 aromatic heterocycles. The van der Waals surface area contributed by atoms with Gasteiger partial charge < -0.3 is 14.2 Å². The van der Waals surface area contributed by atoms with Crippen molar-refractivity contribution < 1.29 is 28.6 Å². The molecule has 0 amide bonds. The highest BCUT2D eigenvalue weighted by Gasteiger charge is 1.99. The Morgan fingerprint density at radius 3 is 1.21 bits per heavy atom. The van der Waals surface area contributed by atoms with Crippen LogP contribution >= 0.6 is 0 Å². The number of allylic oxidation sites excluding steroid dienone is 3. The van der Waals surface area contributed by atoms with Gasteiger partial charge >= 0.3 is 17.9 Å². The number of methoxy groups -OCH3 is 3. The molecule has 6 nitrogen and oxygen atoms in total. The lowest BCUT2D eigenvalue weighted by molar-refractivity contribution is -0.141. The Hall–Kier alpha value is -2.11. The fourth-order valence-electron chi connectivity index (χ4n) is 3.06. The number of hydrogen-bond acceptors (Lipinski definition) is 6. The summed E-state index contributed by atoms with van der Waals surface area (Å²) < 4.78 is 13.7. The second-order valence-corrected chi connectivity index (χ2v) is 7.99. The van der Waals surface area contributed by atoms with Gasteiger partial charge in [-0.3, -0.25) is 14.4 Å². The minimum atomic E-state index is -0.142. The van der Waals surface area contributed by atoms with Crippen molar-refractivity contribution in [1.82, 2.24) is 0 Å². The van der Waals surface area contributed by atoms with Crippen molar-refractivity contribution in [3.05, 3.63) is 24.8 Å². The fraction of sp³-hybridized carbons (Fsp3) is 0.741. The van der Waals surface area contributed by atoms with Gasteiger partial charge in [0, 0.05) is 19.3 Å². The molecular formula is C27H48O6. The van der Waals surface area contributed by atoms with E-state index in [0.29, 0.717) is 19.3 Å². The van der Waals surface area contributed by atoms with Gasteiger partial charge in [-0.1, -0.05) is 56.8 Å². The zero-order valence-electron chi connectivity index (χ0n) is 21.4. The summed E-state index contributed by atoms with van der Waals surface area (Å²) >= 11 is 0. The zero-order chi connectivity index (χ0) is 25.0. The minimum Gasteiger partial charge on any atom is -0.469 e. The highest BCUT2D eigenvalue weighted by atomic mass is 16.5. The average molecular weight is 469 g/mol. The number of esters is 3. The summed E-state index contributed by atoms with van der Waals surface area (Å²) in [5.74, 6) is -0.334. The Morgan fingerprint density at radius 2 is 0.848 bits per heavy atom. The molecule has 0 radical (unpaired) electrons. The first-order valence-corrected chi connectivity index (χ1v) is 12.5. The molecule has 0 rings (SSSR count). The van der Waals surface area contributed by atoms with Crippen molar-refractivity contribution in [2.24, 2.45) is 0 Å². The lowest BCUT2D eigenvalue weighted by Crippen LogP contribution is -1.99. The van der Waals surface area contributed by atoms with Gasteiger partial charge in [0.2, 0.25) is 0 Å². The van der Waals surface area contributed by atoms with Crippen LogP contribution in [0.25, 0.3) is 0 Å². The summed E-state index contributed by atoms with van der Waals surface area (Å²) in [7, 11) is 4.29. The van der Waals surface area contributed by atoms with Gasteiger partial charge in [0.25, 0.3) is 0 Å². The maximum atomic E-state index is 10.9. The third-order valence-electron chi connectivity index (χ3n) is 5.14. The maximum Gasteiger partial charge on any atom is 0.305 e. The quantitative estimate of drug-likeness (QED) is 0.0840. The molecule has 6 heteroatoms. The molecule has 192 valence electrons. The summed E-state index contributed by atoms with van der Waals surface area (Å²) in [4.78, 5) is 32.3. The van der Waals surface area contributed by atoms with Crippen LogP contribution in [-0.4, -0.2) is 39.2 Å². The molecule has 0 saturated carbocycles.